The van der Waals surface area contributed by atoms with E-state index in [2.05, 4.69) is 20.9 Å². The number of fused-ring (bicyclic) bond motifs is 2. The van der Waals surface area contributed by atoms with Crippen LogP contribution in [0, 0.1) is 0 Å². The molecule has 3 rings (SSSR count). The summed E-state index contributed by atoms with van der Waals surface area (Å²) in [6.45, 7) is 1.37. The lowest BCUT2D eigenvalue weighted by molar-refractivity contribution is -0.163. The number of hydrogen-bond acceptors (Lipinski definition) is 3. The minimum Gasteiger partial charge on any atom is -0.343 e. The monoisotopic (exact) mass is 255 g/mol. The van der Waals surface area contributed by atoms with E-state index in [1.165, 1.54) is 5.56 Å². The average molecular weight is 256 g/mol. The predicted molar refractivity (Wildman–Crippen MR) is 53.8 cm³/mol. The van der Waals surface area contributed by atoms with Crippen LogP contribution in [0.2, 0.25) is 0 Å². The van der Waals surface area contributed by atoms with Gasteiger partial charge in [-0.2, -0.15) is 0 Å². The second-order valence-electron chi connectivity index (χ2n) is 3.60. The maximum atomic E-state index is 5.70. The standard InChI is InChI=1S/C10H10BrNO2/c11-9-6-12-5-8-7(9)1-2-10(8)13-3-4-14-10/h5-6H,1-4H2. The summed E-state index contributed by atoms with van der Waals surface area (Å²) in [5.74, 6) is -0.480. The minimum atomic E-state index is -0.480. The third-order valence-corrected chi connectivity index (χ3v) is 3.56. The summed E-state index contributed by atoms with van der Waals surface area (Å²) in [5.41, 5.74) is 2.38. The number of nitrogens with zero attached hydrogens (tertiary/aromatic N) is 1. The van der Waals surface area contributed by atoms with Crippen molar-refractivity contribution in [2.75, 3.05) is 13.2 Å². The molecule has 1 spiro atoms. The van der Waals surface area contributed by atoms with E-state index in [0.29, 0.717) is 13.2 Å². The predicted octanol–water partition coefficient (Wildman–Crippen LogP) is 1.99. The van der Waals surface area contributed by atoms with Gasteiger partial charge < -0.3 is 9.47 Å². The van der Waals surface area contributed by atoms with Gasteiger partial charge in [0.05, 0.1) is 13.2 Å². The molecule has 2 heterocycles. The molecule has 0 unspecified atom stereocenters. The van der Waals surface area contributed by atoms with Crippen molar-refractivity contribution in [2.45, 2.75) is 18.6 Å². The molecule has 1 aliphatic carbocycles. The summed E-state index contributed by atoms with van der Waals surface area (Å²) in [4.78, 5) is 4.17. The fourth-order valence-electron chi connectivity index (χ4n) is 2.22. The van der Waals surface area contributed by atoms with E-state index in [1.807, 2.05) is 12.4 Å². The van der Waals surface area contributed by atoms with Crippen LogP contribution < -0.4 is 0 Å². The summed E-state index contributed by atoms with van der Waals surface area (Å²) in [7, 11) is 0. The van der Waals surface area contributed by atoms with Gasteiger partial charge in [-0.3, -0.25) is 4.98 Å². The van der Waals surface area contributed by atoms with Crippen LogP contribution in [0.5, 0.6) is 0 Å². The lowest BCUT2D eigenvalue weighted by Gasteiger charge is -2.22. The zero-order valence-electron chi connectivity index (χ0n) is 7.62. The molecule has 0 N–H and O–H groups in total. The third-order valence-electron chi connectivity index (χ3n) is 2.87. The van der Waals surface area contributed by atoms with Crippen LogP contribution in [-0.4, -0.2) is 18.2 Å². The summed E-state index contributed by atoms with van der Waals surface area (Å²) in [6, 6.07) is 0. The first-order chi connectivity index (χ1) is 6.82. The van der Waals surface area contributed by atoms with Gasteiger partial charge in [0.2, 0.25) is 0 Å². The molecule has 0 saturated carbocycles. The van der Waals surface area contributed by atoms with Gasteiger partial charge in [0.25, 0.3) is 0 Å². The topological polar surface area (TPSA) is 31.4 Å². The highest BCUT2D eigenvalue weighted by Crippen LogP contribution is 2.44. The number of pyridine rings is 1. The molecule has 1 aliphatic heterocycles. The molecule has 1 aromatic heterocycles. The number of halogens is 1. The zero-order chi connectivity index (χ0) is 9.60. The average Bonchev–Trinajstić information content (AvgIpc) is 2.78. The Morgan fingerprint density at radius 2 is 2.07 bits per heavy atom. The van der Waals surface area contributed by atoms with Crippen LogP contribution in [-0.2, 0) is 21.7 Å². The minimum absolute atomic E-state index is 0.480. The molecule has 0 bridgehead atoms. The second-order valence-corrected chi connectivity index (χ2v) is 4.45. The second kappa shape index (κ2) is 3.02. The molecule has 74 valence electrons. The van der Waals surface area contributed by atoms with Gasteiger partial charge in [-0.1, -0.05) is 0 Å². The zero-order valence-corrected chi connectivity index (χ0v) is 9.21. The highest BCUT2D eigenvalue weighted by atomic mass is 79.9. The van der Waals surface area contributed by atoms with Gasteiger partial charge >= 0.3 is 0 Å². The van der Waals surface area contributed by atoms with Gasteiger partial charge in [-0.25, -0.2) is 0 Å². The molecule has 1 fully saturated rings. The normalized spacial score (nSPS) is 22.9. The van der Waals surface area contributed by atoms with Crippen LogP contribution in [0.15, 0.2) is 16.9 Å². The van der Waals surface area contributed by atoms with E-state index in [1.54, 1.807) is 0 Å². The van der Waals surface area contributed by atoms with Crippen LogP contribution in [0.4, 0.5) is 0 Å². The largest absolute Gasteiger partial charge is 0.343 e. The van der Waals surface area contributed by atoms with Crippen molar-refractivity contribution in [1.82, 2.24) is 4.98 Å². The maximum Gasteiger partial charge on any atom is 0.197 e. The number of rotatable bonds is 0. The SMILES string of the molecule is Brc1cncc2c1CCC21OCCO1. The number of hydrogen-bond donors (Lipinski definition) is 0. The molecule has 14 heavy (non-hydrogen) atoms. The van der Waals surface area contributed by atoms with Crippen molar-refractivity contribution in [1.29, 1.82) is 0 Å². The van der Waals surface area contributed by atoms with E-state index in [0.717, 1.165) is 22.9 Å². The molecule has 0 atom stereocenters. The van der Waals surface area contributed by atoms with Crippen molar-refractivity contribution in [3.63, 3.8) is 0 Å². The smallest absolute Gasteiger partial charge is 0.197 e. The highest BCUT2D eigenvalue weighted by Gasteiger charge is 2.44. The van der Waals surface area contributed by atoms with Crippen molar-refractivity contribution in [3.05, 3.63) is 28.0 Å². The first kappa shape index (κ1) is 8.83. The molecule has 0 aromatic carbocycles. The summed E-state index contributed by atoms with van der Waals surface area (Å²) >= 11 is 3.50. The summed E-state index contributed by atoms with van der Waals surface area (Å²) in [6.07, 6.45) is 5.59. The Morgan fingerprint density at radius 3 is 2.86 bits per heavy atom. The highest BCUT2D eigenvalue weighted by molar-refractivity contribution is 9.10. The Balaban J connectivity index is 2.14. The van der Waals surface area contributed by atoms with Gasteiger partial charge in [0.1, 0.15) is 0 Å². The summed E-state index contributed by atoms with van der Waals surface area (Å²) < 4.78 is 12.5. The van der Waals surface area contributed by atoms with Crippen LogP contribution in [0.25, 0.3) is 0 Å². The quantitative estimate of drug-likeness (QED) is 0.711. The third kappa shape index (κ3) is 1.08. The molecule has 3 nitrogen and oxygen atoms in total. The van der Waals surface area contributed by atoms with Crippen molar-refractivity contribution < 1.29 is 9.47 Å². The van der Waals surface area contributed by atoms with Gasteiger partial charge in [-0.15, -0.1) is 0 Å². The lowest BCUT2D eigenvalue weighted by atomic mass is 10.1. The van der Waals surface area contributed by atoms with E-state index in [-0.39, 0.29) is 0 Å². The molecular weight excluding hydrogens is 246 g/mol. The fourth-order valence-corrected chi connectivity index (χ4v) is 2.75. The summed E-state index contributed by atoms with van der Waals surface area (Å²) in [5, 5.41) is 0. The number of aromatic nitrogens is 1. The first-order valence-corrected chi connectivity index (χ1v) is 5.52. The van der Waals surface area contributed by atoms with Gasteiger partial charge in [-0.05, 0) is 27.9 Å². The molecule has 1 saturated heterocycles. The Hall–Kier alpha value is -0.450. The first-order valence-electron chi connectivity index (χ1n) is 4.73. The molecular formula is C10H10BrNO2. The molecule has 1 aromatic rings. The van der Waals surface area contributed by atoms with E-state index < -0.39 is 5.79 Å². The van der Waals surface area contributed by atoms with E-state index in [4.69, 9.17) is 9.47 Å². The van der Waals surface area contributed by atoms with E-state index >= 15 is 0 Å². The Bertz CT molecular complexity index is 374. The fraction of sp³-hybridized carbons (Fsp3) is 0.500. The maximum absolute atomic E-state index is 5.70. The van der Waals surface area contributed by atoms with Crippen LogP contribution in [0.3, 0.4) is 0 Å². The van der Waals surface area contributed by atoms with Gasteiger partial charge in [0, 0.05) is 28.9 Å². The van der Waals surface area contributed by atoms with Crippen molar-refractivity contribution in [2.24, 2.45) is 0 Å². The molecule has 2 aliphatic rings. The number of ether oxygens (including phenoxy) is 2. The van der Waals surface area contributed by atoms with Crippen molar-refractivity contribution in [3.8, 4) is 0 Å². The Morgan fingerprint density at radius 1 is 1.29 bits per heavy atom. The van der Waals surface area contributed by atoms with Crippen LogP contribution >= 0.6 is 15.9 Å². The van der Waals surface area contributed by atoms with E-state index in [9.17, 15) is 0 Å². The molecule has 0 radical (unpaired) electrons. The lowest BCUT2D eigenvalue weighted by Crippen LogP contribution is -2.23. The molecule has 0 amide bonds. The van der Waals surface area contributed by atoms with Gasteiger partial charge in [0.15, 0.2) is 5.79 Å². The van der Waals surface area contributed by atoms with Crippen LogP contribution in [0.1, 0.15) is 17.5 Å². The molecule has 4 heteroatoms. The Kier molecular flexibility index (Phi) is 1.90. The Labute approximate surface area is 90.6 Å². The van der Waals surface area contributed by atoms with Crippen molar-refractivity contribution >= 4 is 15.9 Å².